The van der Waals surface area contributed by atoms with Gasteiger partial charge in [-0.05, 0) is 30.5 Å². The van der Waals surface area contributed by atoms with Gasteiger partial charge in [-0.15, -0.1) is 0 Å². The minimum Gasteiger partial charge on any atom is -0.202 e. The molecule has 0 saturated heterocycles. The number of hydrogen-bond donors (Lipinski definition) is 0. The summed E-state index contributed by atoms with van der Waals surface area (Å²) in [7, 11) is 0. The van der Waals surface area contributed by atoms with Gasteiger partial charge in [0.05, 0.1) is 0 Å². The highest BCUT2D eigenvalue weighted by Crippen LogP contribution is 2.30. The van der Waals surface area contributed by atoms with Gasteiger partial charge in [0, 0.05) is 12.5 Å². The molecule has 0 aliphatic rings. The van der Waals surface area contributed by atoms with Crippen molar-refractivity contribution in [2.45, 2.75) is 26.7 Å². The molecular weight excluding hydrogens is 230 g/mol. The van der Waals surface area contributed by atoms with Crippen molar-refractivity contribution in [3.05, 3.63) is 59.2 Å². The van der Waals surface area contributed by atoms with Gasteiger partial charge < -0.3 is 0 Å². The average molecular weight is 246 g/mol. The Kier molecular flexibility index (Phi) is 3.20. The third-order valence-electron chi connectivity index (χ3n) is 3.10. The van der Waals surface area contributed by atoms with Crippen LogP contribution >= 0.6 is 0 Å². The average Bonchev–Trinajstić information content (AvgIpc) is 2.31. The molecule has 0 spiro atoms. The molecule has 0 heterocycles. The molecule has 0 fully saturated rings. The summed E-state index contributed by atoms with van der Waals surface area (Å²) in [5.74, 6) is -2.78. The molecule has 0 atom stereocenters. The molecule has 2 rings (SSSR count). The summed E-state index contributed by atoms with van der Waals surface area (Å²) in [6, 6.07) is 12.7. The van der Waals surface area contributed by atoms with E-state index in [2.05, 4.69) is 6.07 Å². The topological polar surface area (TPSA) is 0 Å². The van der Waals surface area contributed by atoms with Crippen molar-refractivity contribution < 1.29 is 8.78 Å². The van der Waals surface area contributed by atoms with Crippen LogP contribution in [0.3, 0.4) is 0 Å². The normalized spacial score (nSPS) is 11.6. The second kappa shape index (κ2) is 4.52. The molecule has 2 aromatic rings. The van der Waals surface area contributed by atoms with Gasteiger partial charge in [0.15, 0.2) is 0 Å². The third kappa shape index (κ3) is 2.58. The highest BCUT2D eigenvalue weighted by Gasteiger charge is 2.23. The Morgan fingerprint density at radius 1 is 0.889 bits per heavy atom. The van der Waals surface area contributed by atoms with Gasteiger partial charge in [-0.1, -0.05) is 48.0 Å². The van der Waals surface area contributed by atoms with Crippen molar-refractivity contribution in [1.82, 2.24) is 0 Å². The molecule has 0 bridgehead atoms. The summed E-state index contributed by atoms with van der Waals surface area (Å²) < 4.78 is 26.3. The molecule has 0 aliphatic carbocycles. The maximum absolute atomic E-state index is 13.1. The van der Waals surface area contributed by atoms with Crippen molar-refractivity contribution in [3.63, 3.8) is 0 Å². The predicted molar refractivity (Wildman–Crippen MR) is 70.9 cm³/mol. The van der Waals surface area contributed by atoms with Crippen LogP contribution < -0.4 is 0 Å². The van der Waals surface area contributed by atoms with Crippen molar-refractivity contribution >= 4 is 0 Å². The molecule has 0 radical (unpaired) electrons. The summed E-state index contributed by atoms with van der Waals surface area (Å²) >= 11 is 0. The molecule has 0 N–H and O–H groups in total. The quantitative estimate of drug-likeness (QED) is 0.693. The van der Waals surface area contributed by atoms with Gasteiger partial charge >= 0.3 is 0 Å². The highest BCUT2D eigenvalue weighted by atomic mass is 19.3. The first-order valence-corrected chi connectivity index (χ1v) is 5.94. The van der Waals surface area contributed by atoms with E-state index in [0.717, 1.165) is 23.6 Å². The van der Waals surface area contributed by atoms with E-state index in [-0.39, 0.29) is 5.56 Å². The maximum Gasteiger partial charge on any atom is 0.270 e. The fourth-order valence-electron chi connectivity index (χ4n) is 1.99. The Balaban J connectivity index is 2.43. The lowest BCUT2D eigenvalue weighted by Gasteiger charge is -2.12. The summed E-state index contributed by atoms with van der Waals surface area (Å²) in [6.07, 6.45) is 0. The van der Waals surface area contributed by atoms with Gasteiger partial charge in [-0.2, -0.15) is 0 Å². The first-order valence-electron chi connectivity index (χ1n) is 5.94. The number of aryl methyl sites for hydroxylation is 2. The fraction of sp³-hybridized carbons (Fsp3) is 0.250. The standard InChI is InChI=1S/C16H16F2/c1-11-4-5-12(2)15(10-11)13-6-8-14(9-7-13)16(3,17)18/h4-10H,1-3H3. The van der Waals surface area contributed by atoms with Gasteiger partial charge in [-0.3, -0.25) is 0 Å². The lowest BCUT2D eigenvalue weighted by Crippen LogP contribution is -2.06. The number of hydrogen-bond acceptors (Lipinski definition) is 0. The van der Waals surface area contributed by atoms with Crippen LogP contribution in [-0.4, -0.2) is 0 Å². The predicted octanol–water partition coefficient (Wildman–Crippen LogP) is 5.08. The van der Waals surface area contributed by atoms with Crippen molar-refractivity contribution in [2.24, 2.45) is 0 Å². The van der Waals surface area contributed by atoms with Crippen LogP contribution in [0.15, 0.2) is 42.5 Å². The Morgan fingerprint density at radius 3 is 2.06 bits per heavy atom. The Hall–Kier alpha value is -1.70. The number of halogens is 2. The Bertz CT molecular complexity index is 548. The third-order valence-corrected chi connectivity index (χ3v) is 3.10. The van der Waals surface area contributed by atoms with E-state index in [4.69, 9.17) is 0 Å². The fourth-order valence-corrected chi connectivity index (χ4v) is 1.99. The highest BCUT2D eigenvalue weighted by molar-refractivity contribution is 5.68. The molecular formula is C16H16F2. The van der Waals surface area contributed by atoms with Gasteiger partial charge in [-0.25, -0.2) is 8.78 Å². The van der Waals surface area contributed by atoms with Crippen LogP contribution in [0.4, 0.5) is 8.78 Å². The first-order chi connectivity index (χ1) is 8.38. The van der Waals surface area contributed by atoms with Crippen molar-refractivity contribution in [3.8, 4) is 11.1 Å². The Morgan fingerprint density at radius 2 is 1.50 bits per heavy atom. The van der Waals surface area contributed by atoms with Gasteiger partial charge in [0.1, 0.15) is 0 Å². The molecule has 0 unspecified atom stereocenters. The number of rotatable bonds is 2. The van der Waals surface area contributed by atoms with Crippen molar-refractivity contribution in [2.75, 3.05) is 0 Å². The van der Waals surface area contributed by atoms with E-state index in [1.165, 1.54) is 17.7 Å². The van der Waals surface area contributed by atoms with E-state index in [0.29, 0.717) is 0 Å². The molecule has 2 aromatic carbocycles. The number of benzene rings is 2. The minimum atomic E-state index is -2.78. The monoisotopic (exact) mass is 246 g/mol. The SMILES string of the molecule is Cc1ccc(C)c(-c2ccc(C(C)(F)F)cc2)c1. The molecule has 0 amide bonds. The zero-order valence-corrected chi connectivity index (χ0v) is 10.8. The van der Waals surface area contributed by atoms with Crippen LogP contribution in [0.1, 0.15) is 23.6 Å². The van der Waals surface area contributed by atoms with E-state index in [1.807, 2.05) is 26.0 Å². The second-order valence-electron chi connectivity index (χ2n) is 4.78. The van der Waals surface area contributed by atoms with E-state index in [1.54, 1.807) is 12.1 Å². The molecule has 18 heavy (non-hydrogen) atoms. The van der Waals surface area contributed by atoms with Crippen molar-refractivity contribution in [1.29, 1.82) is 0 Å². The molecule has 0 aliphatic heterocycles. The summed E-state index contributed by atoms with van der Waals surface area (Å²) in [6.45, 7) is 4.97. The lowest BCUT2D eigenvalue weighted by atomic mass is 9.97. The van der Waals surface area contributed by atoms with Gasteiger partial charge in [0.2, 0.25) is 0 Å². The zero-order valence-electron chi connectivity index (χ0n) is 10.8. The maximum atomic E-state index is 13.1. The molecule has 0 aromatic heterocycles. The van der Waals surface area contributed by atoms with Crippen LogP contribution in [0.25, 0.3) is 11.1 Å². The molecule has 0 saturated carbocycles. The van der Waals surface area contributed by atoms with E-state index < -0.39 is 5.92 Å². The van der Waals surface area contributed by atoms with Crippen LogP contribution in [-0.2, 0) is 5.92 Å². The summed E-state index contributed by atoms with van der Waals surface area (Å²) in [5, 5.41) is 0. The van der Waals surface area contributed by atoms with Crippen LogP contribution in [0.2, 0.25) is 0 Å². The second-order valence-corrected chi connectivity index (χ2v) is 4.78. The van der Waals surface area contributed by atoms with Crippen LogP contribution in [0, 0.1) is 13.8 Å². The zero-order chi connectivity index (χ0) is 13.3. The smallest absolute Gasteiger partial charge is 0.202 e. The molecule has 2 heteroatoms. The number of alkyl halides is 2. The minimum absolute atomic E-state index is 0.0524. The van der Waals surface area contributed by atoms with E-state index >= 15 is 0 Å². The van der Waals surface area contributed by atoms with Gasteiger partial charge in [0.25, 0.3) is 5.92 Å². The van der Waals surface area contributed by atoms with E-state index in [9.17, 15) is 8.78 Å². The lowest BCUT2D eigenvalue weighted by molar-refractivity contribution is 0.0175. The summed E-state index contributed by atoms with van der Waals surface area (Å²) in [4.78, 5) is 0. The first kappa shape index (κ1) is 12.7. The van der Waals surface area contributed by atoms with Crippen LogP contribution in [0.5, 0.6) is 0 Å². The molecule has 94 valence electrons. The summed E-state index contributed by atoms with van der Waals surface area (Å²) in [5.41, 5.74) is 4.44. The Labute approximate surface area is 106 Å². The molecule has 0 nitrogen and oxygen atoms in total. The largest absolute Gasteiger partial charge is 0.270 e.